The van der Waals surface area contributed by atoms with Gasteiger partial charge in [0.1, 0.15) is 0 Å². The summed E-state index contributed by atoms with van der Waals surface area (Å²) < 4.78 is 0. The largest absolute Gasteiger partial charge is 0.341 e. The molecule has 2 amide bonds. The van der Waals surface area contributed by atoms with Gasteiger partial charge in [-0.05, 0) is 25.2 Å². The predicted octanol–water partition coefficient (Wildman–Crippen LogP) is 1.01. The van der Waals surface area contributed by atoms with Crippen molar-refractivity contribution in [2.24, 2.45) is 11.7 Å². The Balaban J connectivity index is 0.00000200. The number of carbonyl (C=O) groups is 2. The Labute approximate surface area is 127 Å². The lowest BCUT2D eigenvalue weighted by molar-refractivity contribution is -0.133. The molecular weight excluding hydrogens is 278 g/mol. The molecule has 0 aromatic rings. The van der Waals surface area contributed by atoms with Crippen LogP contribution in [0.1, 0.15) is 38.5 Å². The summed E-state index contributed by atoms with van der Waals surface area (Å²) in [5.41, 5.74) is 5.39. The van der Waals surface area contributed by atoms with Crippen LogP contribution in [0.5, 0.6) is 0 Å². The molecule has 2 rings (SSSR count). The molecule has 0 spiro atoms. The zero-order valence-corrected chi connectivity index (χ0v) is 12.9. The monoisotopic (exact) mass is 303 g/mol. The van der Waals surface area contributed by atoms with Gasteiger partial charge in [-0.1, -0.05) is 12.8 Å². The third-order valence-corrected chi connectivity index (χ3v) is 4.31. The van der Waals surface area contributed by atoms with Crippen LogP contribution < -0.4 is 5.73 Å². The average molecular weight is 304 g/mol. The van der Waals surface area contributed by atoms with Crippen LogP contribution >= 0.6 is 12.4 Å². The lowest BCUT2D eigenvalue weighted by Crippen LogP contribution is -2.40. The van der Waals surface area contributed by atoms with Crippen LogP contribution in [-0.4, -0.2) is 54.3 Å². The zero-order chi connectivity index (χ0) is 13.7. The molecule has 1 aliphatic carbocycles. The third-order valence-electron chi connectivity index (χ3n) is 4.31. The average Bonchev–Trinajstić information content (AvgIpc) is 2.79. The summed E-state index contributed by atoms with van der Waals surface area (Å²) >= 11 is 0. The molecule has 20 heavy (non-hydrogen) atoms. The first-order chi connectivity index (χ1) is 9.20. The fourth-order valence-corrected chi connectivity index (χ4v) is 3.14. The molecule has 1 saturated heterocycles. The quantitative estimate of drug-likeness (QED) is 0.846. The lowest BCUT2D eigenvalue weighted by atomic mass is 10.0. The fraction of sp³-hybridized carbons (Fsp3) is 0.857. The Bertz CT molecular complexity index is 332. The van der Waals surface area contributed by atoms with Crippen molar-refractivity contribution in [3.05, 3.63) is 0 Å². The van der Waals surface area contributed by atoms with Crippen molar-refractivity contribution in [3.63, 3.8) is 0 Å². The number of nitrogens with zero attached hydrogens (tertiary/aromatic N) is 2. The molecule has 1 heterocycles. The maximum Gasteiger partial charge on any atom is 0.236 e. The maximum atomic E-state index is 12.3. The molecule has 2 fully saturated rings. The number of rotatable bonds is 3. The molecule has 6 heteroatoms. The van der Waals surface area contributed by atoms with Gasteiger partial charge < -0.3 is 15.5 Å². The van der Waals surface area contributed by atoms with Gasteiger partial charge in [-0.25, -0.2) is 0 Å². The van der Waals surface area contributed by atoms with Gasteiger partial charge in [-0.15, -0.1) is 12.4 Å². The van der Waals surface area contributed by atoms with E-state index in [9.17, 15) is 9.59 Å². The second-order valence-electron chi connectivity index (χ2n) is 5.67. The summed E-state index contributed by atoms with van der Waals surface area (Å²) in [6.07, 6.45) is 6.52. The molecule has 116 valence electrons. The molecule has 0 atom stereocenters. The van der Waals surface area contributed by atoms with E-state index in [2.05, 4.69) is 0 Å². The van der Waals surface area contributed by atoms with Crippen LogP contribution in [0.25, 0.3) is 0 Å². The van der Waals surface area contributed by atoms with Crippen molar-refractivity contribution in [1.82, 2.24) is 9.80 Å². The first-order valence-electron chi connectivity index (χ1n) is 7.46. The van der Waals surface area contributed by atoms with E-state index in [0.29, 0.717) is 25.4 Å². The van der Waals surface area contributed by atoms with Crippen LogP contribution in [0.15, 0.2) is 0 Å². The minimum absolute atomic E-state index is 0. The van der Waals surface area contributed by atoms with E-state index in [0.717, 1.165) is 19.5 Å². The minimum Gasteiger partial charge on any atom is -0.341 e. The fourth-order valence-electron chi connectivity index (χ4n) is 3.14. The number of amides is 2. The highest BCUT2D eigenvalue weighted by Crippen LogP contribution is 2.28. The standard InChI is InChI=1S/C14H25N3O2.ClH/c15-11-14(19)17-7-3-6-16(8-9-17)13(18)10-12-4-1-2-5-12;/h12H,1-11,15H2;1H. The summed E-state index contributed by atoms with van der Waals surface area (Å²) in [7, 11) is 0. The maximum absolute atomic E-state index is 12.3. The summed E-state index contributed by atoms with van der Waals surface area (Å²) in [5, 5.41) is 0. The molecule has 0 aromatic heterocycles. The summed E-state index contributed by atoms with van der Waals surface area (Å²) in [6.45, 7) is 2.86. The van der Waals surface area contributed by atoms with Crippen molar-refractivity contribution < 1.29 is 9.59 Å². The molecular formula is C14H26ClN3O2. The summed E-state index contributed by atoms with van der Waals surface area (Å²) in [6, 6.07) is 0. The van der Waals surface area contributed by atoms with E-state index < -0.39 is 0 Å². The number of halogens is 1. The highest BCUT2D eigenvalue weighted by Gasteiger charge is 2.24. The van der Waals surface area contributed by atoms with Gasteiger partial charge in [-0.2, -0.15) is 0 Å². The van der Waals surface area contributed by atoms with Crippen LogP contribution in [0, 0.1) is 5.92 Å². The van der Waals surface area contributed by atoms with E-state index in [1.165, 1.54) is 25.7 Å². The van der Waals surface area contributed by atoms with Gasteiger partial charge >= 0.3 is 0 Å². The number of nitrogens with two attached hydrogens (primary N) is 1. The molecule has 2 N–H and O–H groups in total. The first kappa shape index (κ1) is 17.2. The van der Waals surface area contributed by atoms with Crippen LogP contribution in [-0.2, 0) is 9.59 Å². The molecule has 2 aliphatic rings. The molecule has 0 aromatic carbocycles. The van der Waals surface area contributed by atoms with Crippen molar-refractivity contribution in [2.45, 2.75) is 38.5 Å². The smallest absolute Gasteiger partial charge is 0.236 e. The topological polar surface area (TPSA) is 66.6 Å². The van der Waals surface area contributed by atoms with Crippen LogP contribution in [0.4, 0.5) is 0 Å². The van der Waals surface area contributed by atoms with Gasteiger partial charge in [-0.3, -0.25) is 9.59 Å². The second-order valence-corrected chi connectivity index (χ2v) is 5.67. The molecule has 0 bridgehead atoms. The molecule has 0 unspecified atom stereocenters. The Hall–Kier alpha value is -0.810. The molecule has 1 saturated carbocycles. The van der Waals surface area contributed by atoms with Gasteiger partial charge in [0.15, 0.2) is 0 Å². The summed E-state index contributed by atoms with van der Waals surface area (Å²) in [5.74, 6) is 0.858. The van der Waals surface area contributed by atoms with E-state index in [-0.39, 0.29) is 30.8 Å². The van der Waals surface area contributed by atoms with Crippen LogP contribution in [0.3, 0.4) is 0 Å². The van der Waals surface area contributed by atoms with Crippen molar-refractivity contribution in [2.75, 3.05) is 32.7 Å². The van der Waals surface area contributed by atoms with E-state index in [1.54, 1.807) is 4.90 Å². The lowest BCUT2D eigenvalue weighted by Gasteiger charge is -2.23. The second kappa shape index (κ2) is 8.47. The van der Waals surface area contributed by atoms with Crippen molar-refractivity contribution >= 4 is 24.2 Å². The summed E-state index contributed by atoms with van der Waals surface area (Å²) in [4.78, 5) is 27.5. The van der Waals surface area contributed by atoms with Gasteiger partial charge in [0.2, 0.25) is 11.8 Å². The van der Waals surface area contributed by atoms with Crippen LogP contribution in [0.2, 0.25) is 0 Å². The van der Waals surface area contributed by atoms with E-state index >= 15 is 0 Å². The number of hydrogen-bond acceptors (Lipinski definition) is 3. The Morgan fingerprint density at radius 1 is 0.900 bits per heavy atom. The highest BCUT2D eigenvalue weighted by atomic mass is 35.5. The highest BCUT2D eigenvalue weighted by molar-refractivity contribution is 5.85. The zero-order valence-electron chi connectivity index (χ0n) is 12.1. The van der Waals surface area contributed by atoms with E-state index in [1.807, 2.05) is 4.90 Å². The van der Waals surface area contributed by atoms with Crippen molar-refractivity contribution in [3.8, 4) is 0 Å². The number of hydrogen-bond donors (Lipinski definition) is 1. The molecule has 1 aliphatic heterocycles. The van der Waals surface area contributed by atoms with Gasteiger partial charge in [0.25, 0.3) is 0 Å². The van der Waals surface area contributed by atoms with E-state index in [4.69, 9.17) is 5.73 Å². The number of carbonyl (C=O) groups excluding carboxylic acids is 2. The predicted molar refractivity (Wildman–Crippen MR) is 80.7 cm³/mol. The normalized spacial score (nSPS) is 20.4. The SMILES string of the molecule is Cl.NCC(=O)N1CCCN(C(=O)CC2CCCC2)CC1. The Morgan fingerprint density at radius 2 is 1.45 bits per heavy atom. The van der Waals surface area contributed by atoms with Gasteiger partial charge in [0, 0.05) is 32.6 Å². The molecule has 5 nitrogen and oxygen atoms in total. The first-order valence-corrected chi connectivity index (χ1v) is 7.46. The van der Waals surface area contributed by atoms with Gasteiger partial charge in [0.05, 0.1) is 6.54 Å². The molecule has 0 radical (unpaired) electrons. The third kappa shape index (κ3) is 4.63. The Morgan fingerprint density at radius 3 is 2.00 bits per heavy atom. The minimum atomic E-state index is -0.00917. The Kier molecular flexibility index (Phi) is 7.30. The van der Waals surface area contributed by atoms with Crippen molar-refractivity contribution in [1.29, 1.82) is 0 Å².